The summed E-state index contributed by atoms with van der Waals surface area (Å²) in [5.74, 6) is 0.380. The molecular weight excluding hydrogens is 255 g/mol. The molecular formula is C16H19FN2O. The van der Waals surface area contributed by atoms with Crippen molar-refractivity contribution in [2.45, 2.75) is 32.9 Å². The minimum absolute atomic E-state index is 0.0687. The average molecular weight is 274 g/mol. The van der Waals surface area contributed by atoms with Crippen LogP contribution < -0.4 is 10.5 Å². The number of hydrogen-bond acceptors (Lipinski definition) is 3. The lowest BCUT2D eigenvalue weighted by atomic mass is 9.97. The van der Waals surface area contributed by atoms with Crippen LogP contribution in [0.25, 0.3) is 0 Å². The fourth-order valence-corrected chi connectivity index (χ4v) is 2.07. The zero-order chi connectivity index (χ0) is 14.7. The van der Waals surface area contributed by atoms with Crippen LogP contribution in [0.15, 0.2) is 36.7 Å². The van der Waals surface area contributed by atoms with Crippen LogP contribution in [-0.4, -0.2) is 11.1 Å². The van der Waals surface area contributed by atoms with E-state index in [0.29, 0.717) is 5.75 Å². The normalized spacial score (nSPS) is 12.5. The van der Waals surface area contributed by atoms with Crippen LogP contribution in [0.1, 0.15) is 36.6 Å². The Bertz CT molecular complexity index is 599. The molecule has 0 spiro atoms. The summed E-state index contributed by atoms with van der Waals surface area (Å²) in [6.07, 6.45) is 3.40. The molecule has 0 bridgehead atoms. The highest BCUT2D eigenvalue weighted by Gasteiger charge is 2.14. The third-order valence-corrected chi connectivity index (χ3v) is 3.04. The molecule has 1 aromatic carbocycles. The van der Waals surface area contributed by atoms with Crippen molar-refractivity contribution in [3.05, 3.63) is 59.2 Å². The molecule has 0 fully saturated rings. The van der Waals surface area contributed by atoms with Crippen LogP contribution in [-0.2, 0) is 0 Å². The summed E-state index contributed by atoms with van der Waals surface area (Å²) in [4.78, 5) is 4.14. The van der Waals surface area contributed by atoms with Crippen LogP contribution in [0.5, 0.6) is 5.75 Å². The van der Waals surface area contributed by atoms with Crippen LogP contribution in [0.2, 0.25) is 0 Å². The molecule has 20 heavy (non-hydrogen) atoms. The second kappa shape index (κ2) is 6.01. The van der Waals surface area contributed by atoms with E-state index in [0.717, 1.165) is 16.7 Å². The molecule has 0 radical (unpaired) electrons. The standard InChI is InChI=1S/C16H19FN2O/c1-10(2)20-14-6-12(8-19-9-14)16(18)15-7-13(17)5-4-11(15)3/h4-10,16H,18H2,1-3H3. The van der Waals surface area contributed by atoms with Gasteiger partial charge in [0.2, 0.25) is 0 Å². The highest BCUT2D eigenvalue weighted by molar-refractivity contribution is 5.38. The molecule has 2 N–H and O–H groups in total. The Hall–Kier alpha value is -1.94. The topological polar surface area (TPSA) is 48.1 Å². The molecule has 3 nitrogen and oxygen atoms in total. The molecule has 0 amide bonds. The zero-order valence-corrected chi connectivity index (χ0v) is 11.9. The minimum atomic E-state index is -0.422. The Labute approximate surface area is 118 Å². The van der Waals surface area contributed by atoms with Crippen LogP contribution in [0.3, 0.4) is 0 Å². The van der Waals surface area contributed by atoms with Crippen molar-refractivity contribution in [1.82, 2.24) is 4.98 Å². The molecule has 4 heteroatoms. The van der Waals surface area contributed by atoms with E-state index >= 15 is 0 Å². The van der Waals surface area contributed by atoms with Crippen LogP contribution in [0, 0.1) is 12.7 Å². The summed E-state index contributed by atoms with van der Waals surface area (Å²) in [5, 5.41) is 0. The molecule has 106 valence electrons. The van der Waals surface area contributed by atoms with Gasteiger partial charge in [-0.1, -0.05) is 6.07 Å². The van der Waals surface area contributed by atoms with E-state index in [1.165, 1.54) is 12.1 Å². The van der Waals surface area contributed by atoms with Gasteiger partial charge in [-0.05, 0) is 55.7 Å². The van der Waals surface area contributed by atoms with Gasteiger partial charge in [0, 0.05) is 6.20 Å². The van der Waals surface area contributed by atoms with Gasteiger partial charge in [-0.3, -0.25) is 4.98 Å². The molecule has 2 aromatic rings. The first kappa shape index (κ1) is 14.5. The quantitative estimate of drug-likeness (QED) is 0.930. The molecule has 0 aliphatic heterocycles. The summed E-state index contributed by atoms with van der Waals surface area (Å²) in [6.45, 7) is 5.81. The zero-order valence-electron chi connectivity index (χ0n) is 11.9. The van der Waals surface area contributed by atoms with Gasteiger partial charge in [0.25, 0.3) is 0 Å². The Morgan fingerprint density at radius 3 is 2.65 bits per heavy atom. The lowest BCUT2D eigenvalue weighted by Gasteiger charge is -2.16. The van der Waals surface area contributed by atoms with E-state index in [-0.39, 0.29) is 11.9 Å². The van der Waals surface area contributed by atoms with Crippen molar-refractivity contribution < 1.29 is 9.13 Å². The SMILES string of the molecule is Cc1ccc(F)cc1C(N)c1cncc(OC(C)C)c1. The molecule has 1 aromatic heterocycles. The number of ether oxygens (including phenoxy) is 1. The second-order valence-corrected chi connectivity index (χ2v) is 5.10. The number of aromatic nitrogens is 1. The van der Waals surface area contributed by atoms with Crippen molar-refractivity contribution in [2.24, 2.45) is 5.73 Å². The number of pyridine rings is 1. The highest BCUT2D eigenvalue weighted by atomic mass is 19.1. The molecule has 0 saturated carbocycles. The summed E-state index contributed by atoms with van der Waals surface area (Å²) >= 11 is 0. The van der Waals surface area contributed by atoms with Gasteiger partial charge >= 0.3 is 0 Å². The number of aryl methyl sites for hydroxylation is 1. The first-order chi connectivity index (χ1) is 9.47. The Kier molecular flexibility index (Phi) is 4.35. The van der Waals surface area contributed by atoms with Crippen molar-refractivity contribution in [3.63, 3.8) is 0 Å². The largest absolute Gasteiger partial charge is 0.489 e. The fourth-order valence-electron chi connectivity index (χ4n) is 2.07. The molecule has 0 saturated heterocycles. The van der Waals surface area contributed by atoms with E-state index in [2.05, 4.69) is 4.98 Å². The second-order valence-electron chi connectivity index (χ2n) is 5.10. The molecule has 1 unspecified atom stereocenters. The third kappa shape index (κ3) is 3.33. The Morgan fingerprint density at radius 1 is 1.20 bits per heavy atom. The lowest BCUT2D eigenvalue weighted by Crippen LogP contribution is -2.14. The number of nitrogens with zero attached hydrogens (tertiary/aromatic N) is 1. The van der Waals surface area contributed by atoms with Gasteiger partial charge in [-0.2, -0.15) is 0 Å². The van der Waals surface area contributed by atoms with Gasteiger partial charge in [-0.25, -0.2) is 4.39 Å². The monoisotopic (exact) mass is 274 g/mol. The fraction of sp³-hybridized carbons (Fsp3) is 0.312. The van der Waals surface area contributed by atoms with E-state index in [9.17, 15) is 4.39 Å². The predicted molar refractivity (Wildman–Crippen MR) is 77.2 cm³/mol. The number of hydrogen-bond donors (Lipinski definition) is 1. The van der Waals surface area contributed by atoms with Crippen molar-refractivity contribution in [2.75, 3.05) is 0 Å². The van der Waals surface area contributed by atoms with Crippen molar-refractivity contribution >= 4 is 0 Å². The molecule has 1 atom stereocenters. The number of benzene rings is 1. The van der Waals surface area contributed by atoms with E-state index in [1.807, 2.05) is 26.8 Å². The first-order valence-electron chi connectivity index (χ1n) is 6.60. The number of nitrogens with two attached hydrogens (primary N) is 1. The van der Waals surface area contributed by atoms with Crippen LogP contribution in [0.4, 0.5) is 4.39 Å². The Morgan fingerprint density at radius 2 is 1.95 bits per heavy atom. The summed E-state index contributed by atoms with van der Waals surface area (Å²) in [7, 11) is 0. The van der Waals surface area contributed by atoms with Crippen molar-refractivity contribution in [3.8, 4) is 5.75 Å². The smallest absolute Gasteiger partial charge is 0.138 e. The van der Waals surface area contributed by atoms with E-state index in [4.69, 9.17) is 10.5 Å². The number of rotatable bonds is 4. The van der Waals surface area contributed by atoms with Gasteiger partial charge in [-0.15, -0.1) is 0 Å². The van der Waals surface area contributed by atoms with Gasteiger partial charge < -0.3 is 10.5 Å². The lowest BCUT2D eigenvalue weighted by molar-refractivity contribution is 0.241. The minimum Gasteiger partial charge on any atom is -0.489 e. The number of halogens is 1. The molecule has 1 heterocycles. The average Bonchev–Trinajstić information content (AvgIpc) is 2.40. The van der Waals surface area contributed by atoms with Crippen LogP contribution >= 0.6 is 0 Å². The first-order valence-corrected chi connectivity index (χ1v) is 6.60. The van der Waals surface area contributed by atoms with Gasteiger partial charge in [0.15, 0.2) is 0 Å². The molecule has 2 rings (SSSR count). The summed E-state index contributed by atoms with van der Waals surface area (Å²) < 4.78 is 19.0. The third-order valence-electron chi connectivity index (χ3n) is 3.04. The molecule has 0 aliphatic rings. The maximum absolute atomic E-state index is 13.4. The van der Waals surface area contributed by atoms with E-state index in [1.54, 1.807) is 18.5 Å². The van der Waals surface area contributed by atoms with Crippen molar-refractivity contribution in [1.29, 1.82) is 0 Å². The van der Waals surface area contributed by atoms with E-state index < -0.39 is 6.04 Å². The Balaban J connectivity index is 2.33. The summed E-state index contributed by atoms with van der Waals surface area (Å²) in [5.41, 5.74) is 8.74. The van der Waals surface area contributed by atoms with Gasteiger partial charge in [0.1, 0.15) is 11.6 Å². The summed E-state index contributed by atoms with van der Waals surface area (Å²) in [6, 6.07) is 6.06. The maximum atomic E-state index is 13.4. The highest BCUT2D eigenvalue weighted by Crippen LogP contribution is 2.25. The van der Waals surface area contributed by atoms with Gasteiger partial charge in [0.05, 0.1) is 18.3 Å². The maximum Gasteiger partial charge on any atom is 0.138 e. The predicted octanol–water partition coefficient (Wildman–Crippen LogP) is 3.36. The molecule has 0 aliphatic carbocycles.